The Labute approximate surface area is 575 Å². The quantitative estimate of drug-likeness (QED) is 0.0894. The second-order valence-corrected chi connectivity index (χ2v) is 24.5. The second kappa shape index (κ2) is 26.2. The average Bonchev–Trinajstić information content (AvgIpc) is 1.60. The highest BCUT2D eigenvalue weighted by atomic mass is 79.9. The van der Waals surface area contributed by atoms with E-state index in [-0.39, 0.29) is 21.2 Å². The summed E-state index contributed by atoms with van der Waals surface area (Å²) < 4.78 is 7.42. The molecular formula is C83H54BrN11O4. The molecule has 15 nitrogen and oxygen atoms in total. The summed E-state index contributed by atoms with van der Waals surface area (Å²) in [6.45, 7) is 0. The Morgan fingerprint density at radius 1 is 0.354 bits per heavy atom. The molecule has 472 valence electrons. The van der Waals surface area contributed by atoms with Gasteiger partial charge in [-0.15, -0.1) is 0 Å². The molecule has 12 aromatic carbocycles. The Balaban J connectivity index is 0.000000130. The minimum absolute atomic E-state index is 0.0908. The number of aromatic nitrogens is 9. The summed E-state index contributed by atoms with van der Waals surface area (Å²) in [5.41, 5.74) is 15.5. The molecule has 18 rings (SSSR count). The van der Waals surface area contributed by atoms with E-state index in [4.69, 9.17) is 29.9 Å². The van der Waals surface area contributed by atoms with E-state index < -0.39 is 0 Å². The van der Waals surface area contributed by atoms with Crippen molar-refractivity contribution in [3.8, 4) is 85.4 Å². The summed E-state index contributed by atoms with van der Waals surface area (Å²) in [4.78, 5) is 51.7. The standard InChI is InChI=1S/C41H26N6O2.C27H17BrN4.C15H11NO2/c48-47(49)38-18-10-7-15-32(38)29-19-21-35-30(25-29)23-24-45(35)31-20-22-37-34(26-31)33-16-8-9-17-36(33)46(37)41-43-39(27-11-3-1-4-12-27)42-40(44-41)28-13-5-2-6-14-28;28-20-15-16-24-22(17-20)21-13-7-8-14-23(21)32(24)27-30-25(18-9-3-1-4-10-18)29-26(31-27)19-11-5-2-6-12-19;17-16(18)15-7-2-1-6-14(15)13-9-8-11-4-3-5-12(11)10-13/h1-26H;1-17H;1-4,6-10H,5H2. The number of nitro groups is 2. The second-order valence-electron chi connectivity index (χ2n) is 23.6. The van der Waals surface area contributed by atoms with Gasteiger partial charge in [-0.05, 0) is 114 Å². The van der Waals surface area contributed by atoms with Gasteiger partial charge in [0.25, 0.3) is 11.4 Å². The van der Waals surface area contributed by atoms with Crippen LogP contribution in [-0.4, -0.2) is 53.5 Å². The van der Waals surface area contributed by atoms with E-state index in [0.29, 0.717) is 46.3 Å². The van der Waals surface area contributed by atoms with Gasteiger partial charge < -0.3 is 4.57 Å². The van der Waals surface area contributed by atoms with Crippen LogP contribution in [0.15, 0.2) is 314 Å². The third-order valence-corrected chi connectivity index (χ3v) is 18.1. The maximum absolute atomic E-state index is 11.7. The molecular weight excluding hydrogens is 1290 g/mol. The predicted molar refractivity (Wildman–Crippen MR) is 398 cm³/mol. The fourth-order valence-corrected chi connectivity index (χ4v) is 13.4. The molecule has 0 saturated heterocycles. The Morgan fingerprint density at radius 2 is 0.768 bits per heavy atom. The first-order valence-electron chi connectivity index (χ1n) is 32.0. The highest BCUT2D eigenvalue weighted by Gasteiger charge is 2.23. The number of benzene rings is 12. The topological polar surface area (TPSA) is 178 Å². The molecule has 0 spiro atoms. The van der Waals surface area contributed by atoms with Crippen molar-refractivity contribution in [2.45, 2.75) is 6.42 Å². The molecule has 0 aliphatic heterocycles. The first kappa shape index (κ1) is 60.7. The van der Waals surface area contributed by atoms with Crippen molar-refractivity contribution < 1.29 is 9.85 Å². The van der Waals surface area contributed by atoms with Gasteiger partial charge in [-0.25, -0.2) is 9.97 Å². The monoisotopic (exact) mass is 1350 g/mol. The van der Waals surface area contributed by atoms with Crippen LogP contribution >= 0.6 is 15.9 Å². The average molecular weight is 1350 g/mol. The Hall–Kier alpha value is -13.2. The SMILES string of the molecule is Brc1ccc2c(c1)c1ccccc1n2-c1nc(-c2ccccc2)nc(-c2ccccc2)n1.O=[N+]([O-])c1ccccc1-c1ccc2c(c1)CC=C2.O=[N+]([O-])c1ccccc1-c1ccc2c(ccn2-c2ccc3c(c2)c2ccccc2n3-c2nc(-c3ccccc3)nc(-c3ccccc3)n2)c1. The van der Waals surface area contributed by atoms with Crippen LogP contribution in [0.3, 0.4) is 0 Å². The number of halogens is 1. The smallest absolute Gasteiger partial charge is 0.277 e. The number of hydrogen-bond acceptors (Lipinski definition) is 10. The molecule has 0 bridgehead atoms. The van der Waals surface area contributed by atoms with E-state index in [9.17, 15) is 20.2 Å². The van der Waals surface area contributed by atoms with Crippen LogP contribution in [0.2, 0.25) is 0 Å². The third kappa shape index (κ3) is 11.8. The van der Waals surface area contributed by atoms with Gasteiger partial charge in [0.1, 0.15) is 0 Å². The fraction of sp³-hybridized carbons (Fsp3) is 0.0120. The Kier molecular flexibility index (Phi) is 16.1. The van der Waals surface area contributed by atoms with Crippen LogP contribution in [0.1, 0.15) is 11.1 Å². The number of nitro benzene ring substituents is 2. The van der Waals surface area contributed by atoms with Gasteiger partial charge in [-0.2, -0.15) is 19.9 Å². The van der Waals surface area contributed by atoms with Crippen LogP contribution in [0, 0.1) is 20.2 Å². The zero-order valence-electron chi connectivity index (χ0n) is 52.7. The third-order valence-electron chi connectivity index (χ3n) is 17.6. The Bertz CT molecular complexity index is 5880. The fourth-order valence-electron chi connectivity index (χ4n) is 13.0. The van der Waals surface area contributed by atoms with Crippen molar-refractivity contribution >= 4 is 87.9 Å². The maximum atomic E-state index is 11.7. The molecule has 1 aliphatic carbocycles. The number of nitrogens with zero attached hydrogens (tertiary/aromatic N) is 11. The molecule has 17 aromatic rings. The molecule has 16 heteroatoms. The summed E-state index contributed by atoms with van der Waals surface area (Å²) in [5, 5.41) is 28.2. The van der Waals surface area contributed by atoms with Crippen LogP contribution in [-0.2, 0) is 6.42 Å². The van der Waals surface area contributed by atoms with Gasteiger partial charge in [-0.3, -0.25) is 29.4 Å². The first-order chi connectivity index (χ1) is 48.6. The van der Waals surface area contributed by atoms with E-state index in [1.807, 2.05) is 200 Å². The molecule has 0 N–H and O–H groups in total. The van der Waals surface area contributed by atoms with Crippen LogP contribution in [0.5, 0.6) is 0 Å². The summed E-state index contributed by atoms with van der Waals surface area (Å²) in [6, 6.07) is 97.1. The summed E-state index contributed by atoms with van der Waals surface area (Å²) in [6.07, 6.45) is 7.13. The van der Waals surface area contributed by atoms with Gasteiger partial charge in [0, 0.05) is 77.7 Å². The van der Waals surface area contributed by atoms with E-state index in [2.05, 4.69) is 109 Å². The largest absolute Gasteiger partial charge is 0.317 e. The molecule has 5 aromatic heterocycles. The normalized spacial score (nSPS) is 11.6. The highest BCUT2D eigenvalue weighted by Crippen LogP contribution is 2.39. The van der Waals surface area contributed by atoms with Crippen LogP contribution in [0.25, 0.3) is 146 Å². The van der Waals surface area contributed by atoms with Crippen molar-refractivity contribution in [1.29, 1.82) is 0 Å². The first-order valence-corrected chi connectivity index (χ1v) is 32.8. The number of rotatable bonds is 11. The lowest BCUT2D eigenvalue weighted by Crippen LogP contribution is -2.06. The van der Waals surface area contributed by atoms with Crippen LogP contribution < -0.4 is 0 Å². The summed E-state index contributed by atoms with van der Waals surface area (Å²) >= 11 is 3.62. The minimum Gasteiger partial charge on any atom is -0.317 e. The van der Waals surface area contributed by atoms with Crippen molar-refractivity contribution in [2.75, 3.05) is 0 Å². The van der Waals surface area contributed by atoms with Gasteiger partial charge in [-0.1, -0.05) is 228 Å². The molecule has 99 heavy (non-hydrogen) atoms. The maximum Gasteiger partial charge on any atom is 0.277 e. The predicted octanol–water partition coefficient (Wildman–Crippen LogP) is 20.7. The summed E-state index contributed by atoms with van der Waals surface area (Å²) in [7, 11) is 0. The molecule has 1 aliphatic rings. The zero-order chi connectivity index (χ0) is 66.9. The molecule has 0 atom stereocenters. The summed E-state index contributed by atoms with van der Waals surface area (Å²) in [5.74, 6) is 3.65. The number of allylic oxidation sites excluding steroid dienone is 1. The molecule has 0 unspecified atom stereocenters. The van der Waals surface area contributed by atoms with E-state index >= 15 is 0 Å². The van der Waals surface area contributed by atoms with Gasteiger partial charge >= 0.3 is 0 Å². The molecule has 0 amide bonds. The van der Waals surface area contributed by atoms with E-state index in [1.165, 1.54) is 11.1 Å². The van der Waals surface area contributed by atoms with E-state index in [1.54, 1.807) is 36.4 Å². The number of hydrogen-bond donors (Lipinski definition) is 0. The highest BCUT2D eigenvalue weighted by molar-refractivity contribution is 9.10. The lowest BCUT2D eigenvalue weighted by molar-refractivity contribution is -0.384. The molecule has 0 radical (unpaired) electrons. The number of fused-ring (bicyclic) bond motifs is 8. The number of para-hydroxylation sites is 4. The van der Waals surface area contributed by atoms with E-state index in [0.717, 1.165) is 104 Å². The lowest BCUT2D eigenvalue weighted by atomic mass is 9.99. The Morgan fingerprint density at radius 3 is 1.27 bits per heavy atom. The molecule has 0 saturated carbocycles. The van der Waals surface area contributed by atoms with Crippen LogP contribution in [0.4, 0.5) is 11.4 Å². The van der Waals surface area contributed by atoms with Crippen molar-refractivity contribution in [3.63, 3.8) is 0 Å². The minimum atomic E-state index is -0.335. The van der Waals surface area contributed by atoms with Crippen molar-refractivity contribution in [3.05, 3.63) is 345 Å². The molecule has 0 fully saturated rings. The van der Waals surface area contributed by atoms with Gasteiger partial charge in [0.15, 0.2) is 23.3 Å². The van der Waals surface area contributed by atoms with Gasteiger partial charge in [0.2, 0.25) is 11.9 Å². The zero-order valence-corrected chi connectivity index (χ0v) is 54.2. The van der Waals surface area contributed by atoms with Crippen molar-refractivity contribution in [2.24, 2.45) is 0 Å². The lowest BCUT2D eigenvalue weighted by Gasteiger charge is -2.11. The molecule has 5 heterocycles. The van der Waals surface area contributed by atoms with Crippen molar-refractivity contribution in [1.82, 2.24) is 43.6 Å². The van der Waals surface area contributed by atoms with Gasteiger partial charge in [0.05, 0.1) is 48.6 Å².